The van der Waals surface area contributed by atoms with Crippen LogP contribution in [-0.2, 0) is 6.42 Å². The smallest absolute Gasteiger partial charge is 0.124 e. The zero-order valence-electron chi connectivity index (χ0n) is 12.7. The summed E-state index contributed by atoms with van der Waals surface area (Å²) in [5.74, 6) is 0.804. The van der Waals surface area contributed by atoms with E-state index in [4.69, 9.17) is 10.5 Å². The van der Waals surface area contributed by atoms with Gasteiger partial charge in [-0.25, -0.2) is 0 Å². The number of ether oxygens (including phenoxy) is 1. The number of methoxy groups -OCH3 is 1. The van der Waals surface area contributed by atoms with Crippen LogP contribution < -0.4 is 10.5 Å². The largest absolute Gasteiger partial charge is 0.496 e. The molecule has 2 rings (SSSR count). The van der Waals surface area contributed by atoms with Gasteiger partial charge < -0.3 is 10.5 Å². The molecule has 1 aromatic heterocycles. The number of benzene rings is 1. The monoisotopic (exact) mass is 351 g/mol. The molecule has 0 bridgehead atoms. The molecule has 21 heavy (non-hydrogen) atoms. The van der Waals surface area contributed by atoms with Gasteiger partial charge >= 0.3 is 0 Å². The standard InChI is InChI=1S/C16H22BrN3O/c1-4-11(2)20-8-7-13(19-20)10-15(18)14-6-5-12(17)9-16(14)21-3/h5-9,11,15H,4,10,18H2,1-3H3. The topological polar surface area (TPSA) is 53.1 Å². The van der Waals surface area contributed by atoms with Crippen molar-refractivity contribution in [3.63, 3.8) is 0 Å². The molecule has 0 saturated carbocycles. The van der Waals surface area contributed by atoms with Crippen LogP contribution in [-0.4, -0.2) is 16.9 Å². The van der Waals surface area contributed by atoms with E-state index in [1.807, 2.05) is 35.1 Å². The first-order valence-electron chi connectivity index (χ1n) is 7.18. The molecular weight excluding hydrogens is 330 g/mol. The average Bonchev–Trinajstić information content (AvgIpc) is 2.94. The summed E-state index contributed by atoms with van der Waals surface area (Å²) in [6, 6.07) is 8.24. The SMILES string of the molecule is CCC(C)n1ccc(CC(N)c2ccc(Br)cc2OC)n1. The lowest BCUT2D eigenvalue weighted by atomic mass is 10.0. The highest BCUT2D eigenvalue weighted by Gasteiger charge is 2.15. The van der Waals surface area contributed by atoms with E-state index in [0.717, 1.165) is 27.9 Å². The fraction of sp³-hybridized carbons (Fsp3) is 0.438. The molecule has 0 saturated heterocycles. The molecule has 0 aliphatic heterocycles. The van der Waals surface area contributed by atoms with Gasteiger partial charge in [-0.15, -0.1) is 0 Å². The maximum atomic E-state index is 6.33. The molecule has 0 radical (unpaired) electrons. The van der Waals surface area contributed by atoms with Crippen LogP contribution in [0, 0.1) is 0 Å². The molecule has 2 atom stereocenters. The Morgan fingerprint density at radius 1 is 1.38 bits per heavy atom. The normalized spacial score (nSPS) is 14.0. The van der Waals surface area contributed by atoms with Crippen molar-refractivity contribution in [1.82, 2.24) is 9.78 Å². The summed E-state index contributed by atoms with van der Waals surface area (Å²) in [6.45, 7) is 4.32. The van der Waals surface area contributed by atoms with E-state index in [-0.39, 0.29) is 6.04 Å². The summed E-state index contributed by atoms with van der Waals surface area (Å²) in [7, 11) is 1.66. The van der Waals surface area contributed by atoms with E-state index in [1.165, 1.54) is 0 Å². The number of hydrogen-bond acceptors (Lipinski definition) is 3. The zero-order chi connectivity index (χ0) is 15.4. The van der Waals surface area contributed by atoms with Gasteiger partial charge in [0.15, 0.2) is 0 Å². The molecule has 2 N–H and O–H groups in total. The van der Waals surface area contributed by atoms with Crippen LogP contribution in [0.1, 0.15) is 43.6 Å². The van der Waals surface area contributed by atoms with Crippen LogP contribution in [0.2, 0.25) is 0 Å². The van der Waals surface area contributed by atoms with Gasteiger partial charge in [0.2, 0.25) is 0 Å². The van der Waals surface area contributed by atoms with Gasteiger partial charge in [0, 0.05) is 34.7 Å². The third kappa shape index (κ3) is 3.86. The van der Waals surface area contributed by atoms with Crippen molar-refractivity contribution < 1.29 is 4.74 Å². The Bertz CT molecular complexity index is 597. The maximum Gasteiger partial charge on any atom is 0.124 e. The second kappa shape index (κ2) is 7.09. The van der Waals surface area contributed by atoms with Crippen LogP contribution in [0.25, 0.3) is 0 Å². The summed E-state index contributed by atoms with van der Waals surface area (Å²) >= 11 is 3.44. The van der Waals surface area contributed by atoms with Gasteiger partial charge in [-0.3, -0.25) is 4.68 Å². The van der Waals surface area contributed by atoms with Crippen LogP contribution in [0.5, 0.6) is 5.75 Å². The first-order chi connectivity index (χ1) is 10.0. The van der Waals surface area contributed by atoms with Crippen molar-refractivity contribution in [3.05, 3.63) is 46.2 Å². The van der Waals surface area contributed by atoms with E-state index in [1.54, 1.807) is 7.11 Å². The fourth-order valence-corrected chi connectivity index (χ4v) is 2.59. The molecule has 2 unspecified atom stereocenters. The fourth-order valence-electron chi connectivity index (χ4n) is 2.25. The number of aromatic nitrogens is 2. The van der Waals surface area contributed by atoms with E-state index >= 15 is 0 Å². The number of nitrogens with zero attached hydrogens (tertiary/aromatic N) is 2. The molecule has 2 aromatic rings. The summed E-state index contributed by atoms with van der Waals surface area (Å²) in [4.78, 5) is 0. The van der Waals surface area contributed by atoms with Crippen molar-refractivity contribution in [3.8, 4) is 5.75 Å². The zero-order valence-corrected chi connectivity index (χ0v) is 14.3. The molecule has 4 nitrogen and oxygen atoms in total. The maximum absolute atomic E-state index is 6.33. The third-order valence-corrected chi connectivity index (χ3v) is 4.22. The first kappa shape index (κ1) is 16.0. The number of rotatable bonds is 6. The minimum absolute atomic E-state index is 0.131. The van der Waals surface area contributed by atoms with E-state index in [9.17, 15) is 0 Å². The number of nitrogens with two attached hydrogens (primary N) is 1. The quantitative estimate of drug-likeness (QED) is 0.859. The molecule has 1 heterocycles. The predicted octanol–water partition coefficient (Wildman–Crippen LogP) is 3.87. The second-order valence-electron chi connectivity index (χ2n) is 5.24. The Kier molecular flexibility index (Phi) is 5.42. The lowest BCUT2D eigenvalue weighted by Crippen LogP contribution is -2.15. The van der Waals surface area contributed by atoms with Gasteiger partial charge in [-0.1, -0.05) is 28.9 Å². The minimum atomic E-state index is -0.131. The van der Waals surface area contributed by atoms with Gasteiger partial charge in [0.05, 0.1) is 12.8 Å². The van der Waals surface area contributed by atoms with Crippen LogP contribution in [0.15, 0.2) is 34.9 Å². The second-order valence-corrected chi connectivity index (χ2v) is 6.16. The van der Waals surface area contributed by atoms with Crippen molar-refractivity contribution in [1.29, 1.82) is 0 Å². The Hall–Kier alpha value is -1.33. The molecule has 1 aromatic carbocycles. The van der Waals surface area contributed by atoms with Gasteiger partial charge in [0.1, 0.15) is 5.75 Å². The van der Waals surface area contributed by atoms with Crippen molar-refractivity contribution in [2.45, 2.75) is 38.8 Å². The van der Waals surface area contributed by atoms with Gasteiger partial charge in [0.25, 0.3) is 0 Å². The Morgan fingerprint density at radius 2 is 2.14 bits per heavy atom. The van der Waals surface area contributed by atoms with Gasteiger partial charge in [-0.05, 0) is 31.5 Å². The first-order valence-corrected chi connectivity index (χ1v) is 7.97. The summed E-state index contributed by atoms with van der Waals surface area (Å²) in [6.07, 6.45) is 3.78. The van der Waals surface area contributed by atoms with Crippen molar-refractivity contribution in [2.24, 2.45) is 5.73 Å². The molecule has 0 amide bonds. The number of hydrogen-bond donors (Lipinski definition) is 1. The lowest BCUT2D eigenvalue weighted by molar-refractivity contribution is 0.404. The predicted molar refractivity (Wildman–Crippen MR) is 88.6 cm³/mol. The average molecular weight is 352 g/mol. The molecule has 0 spiro atoms. The highest BCUT2D eigenvalue weighted by Crippen LogP contribution is 2.29. The summed E-state index contributed by atoms with van der Waals surface area (Å²) in [5.41, 5.74) is 8.33. The molecule has 0 aliphatic rings. The third-order valence-electron chi connectivity index (χ3n) is 3.73. The number of halogens is 1. The van der Waals surface area contributed by atoms with Crippen LogP contribution in [0.3, 0.4) is 0 Å². The van der Waals surface area contributed by atoms with Crippen molar-refractivity contribution in [2.75, 3.05) is 7.11 Å². The van der Waals surface area contributed by atoms with Crippen LogP contribution in [0.4, 0.5) is 0 Å². The van der Waals surface area contributed by atoms with Crippen LogP contribution >= 0.6 is 15.9 Å². The van der Waals surface area contributed by atoms with Crippen molar-refractivity contribution >= 4 is 15.9 Å². The van der Waals surface area contributed by atoms with Gasteiger partial charge in [-0.2, -0.15) is 5.10 Å². The summed E-state index contributed by atoms with van der Waals surface area (Å²) in [5, 5.41) is 4.61. The lowest BCUT2D eigenvalue weighted by Gasteiger charge is -2.15. The molecule has 5 heteroatoms. The molecule has 0 fully saturated rings. The minimum Gasteiger partial charge on any atom is -0.496 e. The Labute approximate surface area is 134 Å². The molecule has 114 valence electrons. The van der Waals surface area contributed by atoms with E-state index in [2.05, 4.69) is 34.9 Å². The van der Waals surface area contributed by atoms with E-state index < -0.39 is 0 Å². The Morgan fingerprint density at radius 3 is 2.81 bits per heavy atom. The van der Waals surface area contributed by atoms with E-state index in [0.29, 0.717) is 12.5 Å². The molecular formula is C16H22BrN3O. The Balaban J connectivity index is 2.14. The molecule has 0 aliphatic carbocycles. The summed E-state index contributed by atoms with van der Waals surface area (Å²) < 4.78 is 8.39. The highest BCUT2D eigenvalue weighted by molar-refractivity contribution is 9.10. The highest BCUT2D eigenvalue weighted by atomic mass is 79.9.